The van der Waals surface area contributed by atoms with Crippen LogP contribution in [0.5, 0.6) is 0 Å². The van der Waals surface area contributed by atoms with Gasteiger partial charge in [0.2, 0.25) is 21.8 Å². The zero-order chi connectivity index (χ0) is 37.8. The number of fused-ring (bicyclic) bond motifs is 3. The lowest BCUT2D eigenvalue weighted by Gasteiger charge is -2.36. The van der Waals surface area contributed by atoms with E-state index in [0.717, 1.165) is 16.7 Å². The van der Waals surface area contributed by atoms with Gasteiger partial charge in [-0.05, 0) is 68.1 Å². The van der Waals surface area contributed by atoms with E-state index in [2.05, 4.69) is 27.3 Å². The van der Waals surface area contributed by atoms with Gasteiger partial charge in [0.05, 0.1) is 18.3 Å². The molecule has 0 spiro atoms. The van der Waals surface area contributed by atoms with Crippen molar-refractivity contribution in [1.29, 1.82) is 0 Å². The minimum atomic E-state index is -3.91. The molecule has 14 nitrogen and oxygen atoms in total. The summed E-state index contributed by atoms with van der Waals surface area (Å²) in [5, 5.41) is 7.94. The summed E-state index contributed by atoms with van der Waals surface area (Å²) in [5.74, 6) is -2.67. The van der Waals surface area contributed by atoms with Gasteiger partial charge in [-0.25, -0.2) is 18.0 Å². The molecule has 3 aliphatic heterocycles. The number of sulfonamides is 1. The Labute approximate surface area is 305 Å². The van der Waals surface area contributed by atoms with E-state index in [1.807, 2.05) is 44.2 Å². The normalized spacial score (nSPS) is 29.8. The van der Waals surface area contributed by atoms with Crippen LogP contribution in [0.4, 0.5) is 9.59 Å². The first-order valence-corrected chi connectivity index (χ1v) is 19.5. The summed E-state index contributed by atoms with van der Waals surface area (Å²) >= 11 is 0. The minimum Gasteiger partial charge on any atom is -0.444 e. The third kappa shape index (κ3) is 7.69. The highest BCUT2D eigenvalue weighted by molar-refractivity contribution is 7.91. The Morgan fingerprint density at radius 1 is 1.12 bits per heavy atom. The summed E-state index contributed by atoms with van der Waals surface area (Å²) in [6, 6.07) is 3.05. The van der Waals surface area contributed by atoms with Crippen molar-refractivity contribution in [2.24, 2.45) is 11.3 Å². The van der Waals surface area contributed by atoms with Crippen LogP contribution < -0.4 is 20.7 Å². The lowest BCUT2D eigenvalue weighted by molar-refractivity contribution is -0.142. The van der Waals surface area contributed by atoms with Crippen LogP contribution in [0.2, 0.25) is 0 Å². The fourth-order valence-corrected chi connectivity index (χ4v) is 8.71. The van der Waals surface area contributed by atoms with Crippen LogP contribution in [0.25, 0.3) is 6.08 Å². The fraction of sp³-hybridized carbons (Fsp3) is 0.595. The average Bonchev–Trinajstić information content (AvgIpc) is 3.94. The number of benzene rings is 1. The summed E-state index contributed by atoms with van der Waals surface area (Å²) in [4.78, 5) is 72.1. The topological polar surface area (TPSA) is 183 Å². The molecular formula is C37H50N6O8S. The van der Waals surface area contributed by atoms with Gasteiger partial charge in [-0.15, -0.1) is 6.58 Å². The molecule has 5 atom stereocenters. The lowest BCUT2D eigenvalue weighted by atomic mass is 9.85. The number of urea groups is 1. The standard InChI is InChI=1S/C37H50N6O8S/c1-7-24-18-37(24,32(46)41-52(49,50)26-14-15-26)39-30(44)28-17-25-20-43(28)31(45)29(35(2,3)4)38-33(47)40-36(5,6)16-9-8-11-22-12-10-13-23-19-42(21-27(22)23)34(48)51-25/h7-8,10-13,24-26,28-29H,1,9,14-21H2,2-6H3,(H,39,44)(H,41,46)(H2,38,40,47)/b11-8+/t24-,25+,28-,29+,37+/m0/s1. The van der Waals surface area contributed by atoms with Crippen molar-refractivity contribution in [1.82, 2.24) is 30.5 Å². The van der Waals surface area contributed by atoms with Crippen LogP contribution in [0, 0.1) is 11.3 Å². The van der Waals surface area contributed by atoms with Gasteiger partial charge in [0, 0.05) is 24.4 Å². The average molecular weight is 739 g/mol. The van der Waals surface area contributed by atoms with Crippen molar-refractivity contribution < 1.29 is 37.1 Å². The Kier molecular flexibility index (Phi) is 9.73. The predicted octanol–water partition coefficient (Wildman–Crippen LogP) is 3.08. The van der Waals surface area contributed by atoms with Crippen molar-refractivity contribution >= 4 is 45.9 Å². The summed E-state index contributed by atoms with van der Waals surface area (Å²) in [6.07, 6.45) is 6.29. The van der Waals surface area contributed by atoms with Gasteiger partial charge in [-0.3, -0.25) is 24.0 Å². The maximum Gasteiger partial charge on any atom is 0.410 e. The molecular weight excluding hydrogens is 689 g/mol. The van der Waals surface area contributed by atoms with Crippen LogP contribution in [0.15, 0.2) is 36.9 Å². The van der Waals surface area contributed by atoms with E-state index in [0.29, 0.717) is 38.8 Å². The van der Waals surface area contributed by atoms with Gasteiger partial charge >= 0.3 is 12.1 Å². The predicted molar refractivity (Wildman–Crippen MR) is 193 cm³/mol. The first kappa shape index (κ1) is 37.4. The van der Waals surface area contributed by atoms with Crippen molar-refractivity contribution in [2.75, 3.05) is 6.54 Å². The summed E-state index contributed by atoms with van der Waals surface area (Å²) in [6.45, 7) is 13.5. The number of hydrogen-bond donors (Lipinski definition) is 4. The number of carbonyl (C=O) groups is 5. The van der Waals surface area contributed by atoms with E-state index < -0.39 is 85.7 Å². The fourth-order valence-electron chi connectivity index (χ4n) is 7.35. The smallest absolute Gasteiger partial charge is 0.410 e. The van der Waals surface area contributed by atoms with Gasteiger partial charge in [-0.2, -0.15) is 0 Å². The molecule has 282 valence electrons. The first-order chi connectivity index (χ1) is 24.3. The largest absolute Gasteiger partial charge is 0.444 e. The molecule has 4 N–H and O–H groups in total. The molecule has 1 aromatic carbocycles. The summed E-state index contributed by atoms with van der Waals surface area (Å²) < 4.78 is 33.4. The molecule has 1 saturated heterocycles. The first-order valence-electron chi connectivity index (χ1n) is 18.0. The number of nitrogens with zero attached hydrogens (tertiary/aromatic N) is 2. The maximum absolute atomic E-state index is 14.5. The molecule has 6 rings (SSSR count). The molecule has 5 aliphatic rings. The van der Waals surface area contributed by atoms with E-state index in [1.165, 1.54) is 11.0 Å². The quantitative estimate of drug-likeness (QED) is 0.321. The zero-order valence-electron chi connectivity index (χ0n) is 30.5. The summed E-state index contributed by atoms with van der Waals surface area (Å²) in [7, 11) is -3.91. The molecule has 6 amide bonds. The SMILES string of the molecule is C=C[C@H]1C[C@]1(NC(=O)[C@@H]1C[C@@H]2CN1C(=O)[C@H](C(C)(C)C)NC(=O)NC(C)(C)CC/C=C/c1cccc3c1CN(C3)C(=O)O2)C(=O)NS(=O)(=O)C1CC1. The molecule has 0 unspecified atom stereocenters. The van der Waals surface area contributed by atoms with E-state index in [-0.39, 0.29) is 19.4 Å². The van der Waals surface area contributed by atoms with Gasteiger partial charge in [0.15, 0.2) is 0 Å². The van der Waals surface area contributed by atoms with Crippen LogP contribution >= 0.6 is 0 Å². The lowest BCUT2D eigenvalue weighted by Crippen LogP contribution is -2.62. The molecule has 15 heteroatoms. The second-order valence-corrected chi connectivity index (χ2v) is 18.5. The second-order valence-electron chi connectivity index (χ2n) is 16.5. The number of hydrogen-bond acceptors (Lipinski definition) is 8. The van der Waals surface area contributed by atoms with Crippen LogP contribution in [0.1, 0.15) is 89.8 Å². The minimum absolute atomic E-state index is 0.0784. The van der Waals surface area contributed by atoms with Gasteiger partial charge in [0.1, 0.15) is 23.7 Å². The molecule has 52 heavy (non-hydrogen) atoms. The highest BCUT2D eigenvalue weighted by Gasteiger charge is 2.62. The molecule has 1 aromatic rings. The number of ether oxygens (including phenoxy) is 1. The van der Waals surface area contributed by atoms with Crippen LogP contribution in [-0.4, -0.2) is 89.1 Å². The number of carbonyl (C=O) groups excluding carboxylic acids is 5. The molecule has 0 aromatic heterocycles. The van der Waals surface area contributed by atoms with Crippen molar-refractivity contribution in [3.63, 3.8) is 0 Å². The monoisotopic (exact) mass is 738 g/mol. The molecule has 3 heterocycles. The van der Waals surface area contributed by atoms with Crippen LogP contribution in [0.3, 0.4) is 0 Å². The Morgan fingerprint density at radius 3 is 2.50 bits per heavy atom. The molecule has 0 radical (unpaired) electrons. The number of amides is 6. The zero-order valence-corrected chi connectivity index (χ0v) is 31.3. The molecule has 4 bridgehead atoms. The third-order valence-electron chi connectivity index (χ3n) is 10.7. The van der Waals surface area contributed by atoms with Crippen molar-refractivity contribution in [2.45, 2.75) is 121 Å². The maximum atomic E-state index is 14.5. The number of rotatable bonds is 6. The van der Waals surface area contributed by atoms with Crippen molar-refractivity contribution in [3.8, 4) is 0 Å². The Hall–Kier alpha value is -4.40. The number of allylic oxidation sites excluding steroid dienone is 1. The van der Waals surface area contributed by atoms with Crippen molar-refractivity contribution in [3.05, 3.63) is 53.6 Å². The summed E-state index contributed by atoms with van der Waals surface area (Å²) in [5.41, 5.74) is -0.0288. The Bertz CT molecular complexity index is 1820. The second kappa shape index (κ2) is 13.5. The Balaban J connectivity index is 1.30. The molecule has 2 aliphatic carbocycles. The molecule has 3 fully saturated rings. The van der Waals surface area contributed by atoms with E-state index in [9.17, 15) is 32.4 Å². The highest BCUT2D eigenvalue weighted by Crippen LogP contribution is 2.45. The van der Waals surface area contributed by atoms with E-state index in [1.54, 1.807) is 25.7 Å². The van der Waals surface area contributed by atoms with E-state index >= 15 is 0 Å². The van der Waals surface area contributed by atoms with Gasteiger partial charge in [0.25, 0.3) is 5.91 Å². The van der Waals surface area contributed by atoms with Gasteiger partial charge < -0.3 is 25.6 Å². The van der Waals surface area contributed by atoms with E-state index in [4.69, 9.17) is 4.74 Å². The highest BCUT2D eigenvalue weighted by atomic mass is 32.2. The van der Waals surface area contributed by atoms with Crippen LogP contribution in [-0.2, 0) is 42.2 Å². The third-order valence-corrected chi connectivity index (χ3v) is 12.5. The Morgan fingerprint density at radius 2 is 1.85 bits per heavy atom. The number of nitrogens with one attached hydrogen (secondary N) is 4. The van der Waals surface area contributed by atoms with Gasteiger partial charge in [-0.1, -0.05) is 57.2 Å². The molecule has 2 saturated carbocycles.